The molecule has 0 amide bonds. The number of hydrogen-bond acceptors (Lipinski definition) is 2. The van der Waals surface area contributed by atoms with Crippen LogP contribution in [0.2, 0.25) is 0 Å². The molecule has 0 fully saturated rings. The van der Waals surface area contributed by atoms with Crippen LogP contribution in [0.25, 0.3) is 0 Å². The Balaban J connectivity index is -0.0000000814. The molecule has 1 rings (SSSR count). The number of benzene rings is 1. The molecular weight excluding hydrogens is 291 g/mol. The van der Waals surface area contributed by atoms with Crippen LogP contribution in [0, 0.1) is 16.5 Å². The van der Waals surface area contributed by atoms with Gasteiger partial charge in [-0.1, -0.05) is 40.7 Å². The van der Waals surface area contributed by atoms with Gasteiger partial charge in [0.1, 0.15) is 0 Å². The number of rotatable bonds is 1. The predicted molar refractivity (Wildman–Crippen MR) is 71.1 cm³/mol. The van der Waals surface area contributed by atoms with Crippen molar-refractivity contribution in [3.8, 4) is 0 Å². The summed E-state index contributed by atoms with van der Waals surface area (Å²) in [7, 11) is 0.889. The van der Waals surface area contributed by atoms with E-state index < -0.39 is 4.92 Å². The molecule has 1 radical (unpaired) electrons. The minimum Gasteiger partial charge on any atom is -0.265 e. The monoisotopic (exact) mass is 315 g/mol. The van der Waals surface area contributed by atoms with Crippen LogP contribution in [0.15, 0.2) is 30.3 Å². The van der Waals surface area contributed by atoms with Crippen LogP contribution in [0.4, 0.5) is 0 Å². The van der Waals surface area contributed by atoms with Gasteiger partial charge < -0.3 is 0 Å². The van der Waals surface area contributed by atoms with Gasteiger partial charge in [0.15, 0.2) is 7.05 Å². The van der Waals surface area contributed by atoms with Crippen molar-refractivity contribution in [2.75, 3.05) is 7.05 Å². The molecule has 0 unspecified atom stereocenters. The molecule has 0 atom stereocenters. The molecule has 1 aromatic carbocycles. The smallest absolute Gasteiger partial charge is 0.194 e. The minimum atomic E-state index is -0.500. The van der Waals surface area contributed by atoms with E-state index in [0.29, 0.717) is 0 Å². The van der Waals surface area contributed by atoms with Gasteiger partial charge in [-0.15, -0.1) is 12.1 Å². The van der Waals surface area contributed by atoms with Gasteiger partial charge in [-0.2, -0.15) is 24.1 Å². The number of hydrogen-bond donors (Lipinski definition) is 0. The topological polar surface area (TPSA) is 43.1 Å². The molecule has 0 aliphatic rings. The first-order chi connectivity index (χ1) is 7.66. The van der Waals surface area contributed by atoms with Crippen LogP contribution in [0.1, 0.15) is 40.2 Å². The molecule has 0 saturated carbocycles. The Hall–Kier alpha value is -0.406. The molecule has 0 spiro atoms. The summed E-state index contributed by atoms with van der Waals surface area (Å²) >= 11 is 0. The predicted octanol–water partition coefficient (Wildman–Crippen LogP) is 4.20. The van der Waals surface area contributed by atoms with Crippen molar-refractivity contribution >= 4 is 0 Å². The van der Waals surface area contributed by atoms with Crippen molar-refractivity contribution in [1.29, 1.82) is 0 Å². The van der Waals surface area contributed by atoms with Gasteiger partial charge in [-0.3, -0.25) is 10.1 Å². The van der Waals surface area contributed by atoms with Gasteiger partial charge in [0, 0.05) is 37.6 Å². The molecule has 0 N–H and O–H groups in total. The summed E-state index contributed by atoms with van der Waals surface area (Å²) < 4.78 is 0. The molecule has 0 heterocycles. The fraction of sp³-hybridized carbons (Fsp3) is 0.462. The van der Waals surface area contributed by atoms with Crippen molar-refractivity contribution in [2.45, 2.75) is 34.6 Å². The van der Waals surface area contributed by atoms with Gasteiger partial charge in [0.05, 0.1) is 0 Å². The molecular formula is C13H24NO2Y-. The molecule has 3 nitrogen and oxygen atoms in total. The Morgan fingerprint density at radius 2 is 1.35 bits per heavy atom. The van der Waals surface area contributed by atoms with Crippen molar-refractivity contribution in [2.24, 2.45) is 0 Å². The van der Waals surface area contributed by atoms with Crippen molar-refractivity contribution in [3.63, 3.8) is 0 Å². The molecule has 97 valence electrons. The maximum atomic E-state index is 8.81. The first-order valence-corrected chi connectivity index (χ1v) is 5.59. The molecule has 0 aromatic heterocycles. The van der Waals surface area contributed by atoms with E-state index in [9.17, 15) is 0 Å². The molecule has 4 heteroatoms. The second-order valence-electron chi connectivity index (χ2n) is 2.14. The quantitative estimate of drug-likeness (QED) is 0.443. The Kier molecular flexibility index (Phi) is 37.0. The maximum absolute atomic E-state index is 8.81. The van der Waals surface area contributed by atoms with Crippen LogP contribution < -0.4 is 0 Å². The average molecular weight is 315 g/mol. The van der Waals surface area contributed by atoms with Gasteiger partial charge in [-0.05, 0) is 0 Å². The minimum absolute atomic E-state index is 0. The van der Waals surface area contributed by atoms with Crippen molar-refractivity contribution in [3.05, 3.63) is 52.4 Å². The zero-order valence-electron chi connectivity index (χ0n) is 11.8. The van der Waals surface area contributed by atoms with Crippen molar-refractivity contribution < 1.29 is 37.6 Å². The summed E-state index contributed by atoms with van der Waals surface area (Å²) in [6.07, 6.45) is 2.08. The maximum Gasteiger partial charge on any atom is 0.194 e. The SMILES string of the molecule is CC.CC.C[CH-]c1ccccc1.C[N+](=O)[O-].[Y]. The summed E-state index contributed by atoms with van der Waals surface area (Å²) in [6, 6.07) is 10.3. The Morgan fingerprint density at radius 3 is 1.53 bits per heavy atom. The molecule has 1 aromatic rings. The summed E-state index contributed by atoms with van der Waals surface area (Å²) in [5.41, 5.74) is 1.28. The molecule has 0 saturated heterocycles. The Morgan fingerprint density at radius 1 is 1.06 bits per heavy atom. The largest absolute Gasteiger partial charge is 0.265 e. The summed E-state index contributed by atoms with van der Waals surface area (Å²) in [6.45, 7) is 10.0. The molecule has 0 aliphatic heterocycles. The standard InChI is InChI=1S/C8H9.2C2H6.CH3NO2.Y/c1-2-8-6-4-3-5-7-8;2*1-2;1-2(3)4;/h2-7H,1H3;2*1-2H3;1H3;/q-1;;;;. The molecule has 0 bridgehead atoms. The van der Waals surface area contributed by atoms with E-state index in [-0.39, 0.29) is 32.7 Å². The Bertz CT molecular complexity index is 224. The van der Waals surface area contributed by atoms with Crippen LogP contribution in [0.5, 0.6) is 0 Å². The van der Waals surface area contributed by atoms with E-state index in [4.69, 9.17) is 10.1 Å². The third-order valence-electron chi connectivity index (χ3n) is 1.13. The third kappa shape index (κ3) is 31.3. The summed E-state index contributed by atoms with van der Waals surface area (Å²) in [5, 5.41) is 8.81. The van der Waals surface area contributed by atoms with E-state index in [1.165, 1.54) is 5.56 Å². The number of nitro groups is 1. The van der Waals surface area contributed by atoms with Crippen molar-refractivity contribution in [1.82, 2.24) is 0 Å². The van der Waals surface area contributed by atoms with E-state index >= 15 is 0 Å². The van der Waals surface area contributed by atoms with E-state index in [0.717, 1.165) is 7.05 Å². The van der Waals surface area contributed by atoms with Gasteiger partial charge >= 0.3 is 0 Å². The van der Waals surface area contributed by atoms with Gasteiger partial charge in [0.2, 0.25) is 0 Å². The zero-order chi connectivity index (χ0) is 13.4. The van der Waals surface area contributed by atoms with Gasteiger partial charge in [-0.25, -0.2) is 0 Å². The van der Waals surface area contributed by atoms with Gasteiger partial charge in [0.25, 0.3) is 0 Å². The molecule has 17 heavy (non-hydrogen) atoms. The third-order valence-corrected chi connectivity index (χ3v) is 1.13. The summed E-state index contributed by atoms with van der Waals surface area (Å²) in [4.78, 5) is 8.31. The van der Waals surface area contributed by atoms with E-state index in [2.05, 4.69) is 18.6 Å². The van der Waals surface area contributed by atoms with Crippen LogP contribution in [-0.4, -0.2) is 12.0 Å². The fourth-order valence-corrected chi connectivity index (χ4v) is 0.645. The van der Waals surface area contributed by atoms with E-state index in [1.54, 1.807) is 0 Å². The second-order valence-corrected chi connectivity index (χ2v) is 2.14. The normalized spacial score (nSPS) is 6.24. The summed E-state index contributed by atoms with van der Waals surface area (Å²) in [5.74, 6) is 0. The fourth-order valence-electron chi connectivity index (χ4n) is 0.645. The first-order valence-electron chi connectivity index (χ1n) is 5.59. The van der Waals surface area contributed by atoms with Crippen LogP contribution >= 0.6 is 0 Å². The zero-order valence-corrected chi connectivity index (χ0v) is 14.6. The second kappa shape index (κ2) is 24.7. The Labute approximate surface area is 131 Å². The first kappa shape index (κ1) is 25.4. The van der Waals surface area contributed by atoms with Crippen LogP contribution in [0.3, 0.4) is 0 Å². The average Bonchev–Trinajstić information content (AvgIpc) is 2.34. The number of nitrogens with zero attached hydrogens (tertiary/aromatic N) is 1. The van der Waals surface area contributed by atoms with E-state index in [1.807, 2.05) is 52.8 Å². The van der Waals surface area contributed by atoms with Crippen LogP contribution in [-0.2, 0) is 32.7 Å². The molecule has 0 aliphatic carbocycles.